The fraction of sp³-hybridized carbons (Fsp3) is 0.857. The molecule has 3 unspecified atom stereocenters. The number of amides is 2. The van der Waals surface area contributed by atoms with Gasteiger partial charge in [-0.05, 0) is 45.4 Å². The van der Waals surface area contributed by atoms with Crippen molar-refractivity contribution in [2.24, 2.45) is 5.92 Å². The number of urea groups is 1. The number of likely N-dealkylation sites (tertiary alicyclic amines) is 2. The van der Waals surface area contributed by atoms with Crippen LogP contribution in [-0.4, -0.2) is 51.6 Å². The Bertz CT molecular complexity index is 385. The highest BCUT2D eigenvalue weighted by molar-refractivity contribution is 5.86. The number of carbonyl (C=O) groups is 2. The lowest BCUT2D eigenvalue weighted by Crippen LogP contribution is -2.58. The van der Waals surface area contributed by atoms with Gasteiger partial charge in [-0.15, -0.1) is 0 Å². The Hall–Kier alpha value is -1.26. The fourth-order valence-corrected chi connectivity index (χ4v) is 3.20. The molecule has 0 aliphatic carbocycles. The van der Waals surface area contributed by atoms with E-state index in [9.17, 15) is 14.7 Å². The van der Waals surface area contributed by atoms with E-state index >= 15 is 0 Å². The number of carboxylic acids is 1. The summed E-state index contributed by atoms with van der Waals surface area (Å²) in [7, 11) is 0. The molecule has 0 aromatic carbocycles. The number of piperidine rings is 1. The van der Waals surface area contributed by atoms with Gasteiger partial charge in [0.05, 0.1) is 0 Å². The minimum absolute atomic E-state index is 0.0959. The third-order valence-corrected chi connectivity index (χ3v) is 4.70. The zero-order valence-electron chi connectivity index (χ0n) is 12.1. The van der Waals surface area contributed by atoms with Gasteiger partial charge in [-0.3, -0.25) is 0 Å². The lowest BCUT2D eigenvalue weighted by Gasteiger charge is -2.42. The Balaban J connectivity index is 2.16. The molecule has 3 atom stereocenters. The molecule has 0 aromatic heterocycles. The number of hydrogen-bond donors (Lipinski definition) is 1. The Labute approximate surface area is 114 Å². The molecule has 0 bridgehead atoms. The zero-order valence-corrected chi connectivity index (χ0v) is 12.1. The molecular weight excluding hydrogens is 244 g/mol. The summed E-state index contributed by atoms with van der Waals surface area (Å²) in [5.41, 5.74) is -1.03. The molecule has 0 radical (unpaired) electrons. The van der Waals surface area contributed by atoms with Crippen molar-refractivity contribution in [1.29, 1.82) is 0 Å². The summed E-state index contributed by atoms with van der Waals surface area (Å²) in [6.45, 7) is 7.16. The first-order valence-electron chi connectivity index (χ1n) is 7.18. The van der Waals surface area contributed by atoms with Gasteiger partial charge >= 0.3 is 12.0 Å². The summed E-state index contributed by atoms with van der Waals surface area (Å²) >= 11 is 0. The van der Waals surface area contributed by atoms with Crippen LogP contribution in [0.25, 0.3) is 0 Å². The van der Waals surface area contributed by atoms with Crippen LogP contribution in [0.15, 0.2) is 0 Å². The molecule has 5 nitrogen and oxygen atoms in total. The van der Waals surface area contributed by atoms with E-state index < -0.39 is 11.5 Å². The highest BCUT2D eigenvalue weighted by atomic mass is 16.4. The van der Waals surface area contributed by atoms with Gasteiger partial charge in [0.1, 0.15) is 5.54 Å². The highest BCUT2D eigenvalue weighted by Crippen LogP contribution is 2.32. The molecular formula is C14H24N2O3. The Morgan fingerprint density at radius 2 is 1.95 bits per heavy atom. The number of nitrogens with zero attached hydrogens (tertiary/aromatic N) is 2. The predicted octanol–water partition coefficient (Wildman–Crippen LogP) is 2.17. The first-order valence-corrected chi connectivity index (χ1v) is 7.18. The van der Waals surface area contributed by atoms with E-state index in [0.29, 0.717) is 18.9 Å². The van der Waals surface area contributed by atoms with E-state index in [2.05, 4.69) is 13.8 Å². The summed E-state index contributed by atoms with van der Waals surface area (Å²) in [6, 6.07) is 0.115. The number of rotatable bonds is 1. The van der Waals surface area contributed by atoms with Crippen LogP contribution < -0.4 is 0 Å². The standard InChI is InChI=1S/C14H24N2O3/c1-10-5-6-11(2)15(9-10)13(19)16-8-4-7-14(16,3)12(17)18/h10-11H,4-9H2,1-3H3,(H,17,18). The third-order valence-electron chi connectivity index (χ3n) is 4.70. The largest absolute Gasteiger partial charge is 0.480 e. The maximum absolute atomic E-state index is 12.7. The molecule has 1 N–H and O–H groups in total. The quantitative estimate of drug-likeness (QED) is 0.792. The molecule has 5 heteroatoms. The summed E-state index contributed by atoms with van der Waals surface area (Å²) in [5, 5.41) is 9.40. The van der Waals surface area contributed by atoms with E-state index in [0.717, 1.165) is 25.8 Å². The van der Waals surface area contributed by atoms with Crippen molar-refractivity contribution in [3.05, 3.63) is 0 Å². The van der Waals surface area contributed by atoms with Crippen molar-refractivity contribution in [1.82, 2.24) is 9.80 Å². The Kier molecular flexibility index (Phi) is 3.74. The number of carboxylic acid groups (broad SMARTS) is 1. The van der Waals surface area contributed by atoms with Crippen molar-refractivity contribution >= 4 is 12.0 Å². The average molecular weight is 268 g/mol. The first kappa shape index (κ1) is 14.2. The van der Waals surface area contributed by atoms with Crippen molar-refractivity contribution in [3.63, 3.8) is 0 Å². The van der Waals surface area contributed by atoms with Gasteiger partial charge in [0.15, 0.2) is 0 Å². The second-order valence-electron chi connectivity index (χ2n) is 6.30. The molecule has 19 heavy (non-hydrogen) atoms. The molecule has 2 saturated heterocycles. The molecule has 0 spiro atoms. The molecule has 2 aliphatic heterocycles. The lowest BCUT2D eigenvalue weighted by molar-refractivity contribution is -0.147. The topological polar surface area (TPSA) is 60.9 Å². The number of aliphatic carboxylic acids is 1. The van der Waals surface area contributed by atoms with E-state index in [1.54, 1.807) is 11.8 Å². The maximum Gasteiger partial charge on any atom is 0.329 e. The second kappa shape index (κ2) is 5.02. The van der Waals surface area contributed by atoms with Crippen LogP contribution in [-0.2, 0) is 4.79 Å². The Morgan fingerprint density at radius 1 is 1.26 bits per heavy atom. The van der Waals surface area contributed by atoms with Crippen LogP contribution in [0, 0.1) is 5.92 Å². The predicted molar refractivity (Wildman–Crippen MR) is 71.9 cm³/mol. The Morgan fingerprint density at radius 3 is 2.58 bits per heavy atom. The van der Waals surface area contributed by atoms with E-state index in [-0.39, 0.29) is 12.1 Å². The van der Waals surface area contributed by atoms with Crippen LogP contribution >= 0.6 is 0 Å². The summed E-state index contributed by atoms with van der Waals surface area (Å²) < 4.78 is 0. The van der Waals surface area contributed by atoms with Crippen molar-refractivity contribution < 1.29 is 14.7 Å². The molecule has 2 heterocycles. The van der Waals surface area contributed by atoms with Gasteiger partial charge in [-0.25, -0.2) is 9.59 Å². The van der Waals surface area contributed by atoms with E-state index in [4.69, 9.17) is 0 Å². The number of hydrogen-bond acceptors (Lipinski definition) is 2. The summed E-state index contributed by atoms with van der Waals surface area (Å²) in [4.78, 5) is 27.5. The molecule has 0 aromatic rings. The van der Waals surface area contributed by atoms with Crippen molar-refractivity contribution in [2.45, 2.75) is 58.0 Å². The summed E-state index contributed by atoms with van der Waals surface area (Å²) in [6.07, 6.45) is 3.46. The molecule has 2 rings (SSSR count). The van der Waals surface area contributed by atoms with E-state index in [1.807, 2.05) is 4.90 Å². The molecule has 2 fully saturated rings. The second-order valence-corrected chi connectivity index (χ2v) is 6.30. The lowest BCUT2D eigenvalue weighted by atomic mass is 9.95. The number of carbonyl (C=O) groups excluding carboxylic acids is 1. The monoisotopic (exact) mass is 268 g/mol. The zero-order chi connectivity index (χ0) is 14.2. The van der Waals surface area contributed by atoms with Crippen LogP contribution in [0.3, 0.4) is 0 Å². The van der Waals surface area contributed by atoms with Crippen molar-refractivity contribution in [3.8, 4) is 0 Å². The average Bonchev–Trinajstić information content (AvgIpc) is 2.75. The van der Waals surface area contributed by atoms with E-state index in [1.165, 1.54) is 0 Å². The van der Waals surface area contributed by atoms with Crippen LogP contribution in [0.2, 0.25) is 0 Å². The highest BCUT2D eigenvalue weighted by Gasteiger charge is 2.48. The van der Waals surface area contributed by atoms with Crippen LogP contribution in [0.4, 0.5) is 4.79 Å². The van der Waals surface area contributed by atoms with Crippen molar-refractivity contribution in [2.75, 3.05) is 13.1 Å². The van der Waals surface area contributed by atoms with Crippen LogP contribution in [0.1, 0.15) is 46.5 Å². The summed E-state index contributed by atoms with van der Waals surface area (Å²) in [5.74, 6) is -0.394. The van der Waals surface area contributed by atoms with Gasteiger partial charge in [0.2, 0.25) is 0 Å². The van der Waals surface area contributed by atoms with Gasteiger partial charge in [-0.1, -0.05) is 6.92 Å². The first-order chi connectivity index (χ1) is 8.86. The minimum Gasteiger partial charge on any atom is -0.480 e. The molecule has 2 amide bonds. The smallest absolute Gasteiger partial charge is 0.329 e. The molecule has 108 valence electrons. The maximum atomic E-state index is 12.7. The third kappa shape index (κ3) is 2.42. The normalized spacial score (nSPS) is 35.5. The van der Waals surface area contributed by atoms with Gasteiger partial charge in [0, 0.05) is 19.1 Å². The molecule has 0 saturated carbocycles. The van der Waals surface area contributed by atoms with Gasteiger partial charge in [-0.2, -0.15) is 0 Å². The van der Waals surface area contributed by atoms with Gasteiger partial charge < -0.3 is 14.9 Å². The van der Waals surface area contributed by atoms with Crippen LogP contribution in [0.5, 0.6) is 0 Å². The van der Waals surface area contributed by atoms with Gasteiger partial charge in [0.25, 0.3) is 0 Å². The SMILES string of the molecule is CC1CCC(C)N(C(=O)N2CCCC2(C)C(=O)O)C1. The molecule has 2 aliphatic rings. The fourth-order valence-electron chi connectivity index (χ4n) is 3.20. The minimum atomic E-state index is -1.03.